The number of ether oxygens (including phenoxy) is 1. The second-order valence-electron chi connectivity index (χ2n) is 12.2. The zero-order chi connectivity index (χ0) is 32.2. The van der Waals surface area contributed by atoms with E-state index in [1.807, 2.05) is 56.3 Å². The second-order valence-corrected chi connectivity index (χ2v) is 12.2. The lowest BCUT2D eigenvalue weighted by molar-refractivity contribution is -0.149. The monoisotopic (exact) mass is 607 g/mol. The lowest BCUT2D eigenvalue weighted by Gasteiger charge is -2.44. The third-order valence-corrected chi connectivity index (χ3v) is 8.64. The molecule has 1 aromatic heterocycles. The Morgan fingerprint density at radius 1 is 0.956 bits per heavy atom. The van der Waals surface area contributed by atoms with Crippen LogP contribution in [0.2, 0.25) is 0 Å². The normalized spacial score (nSPS) is 19.0. The van der Waals surface area contributed by atoms with Crippen LogP contribution >= 0.6 is 0 Å². The molecule has 45 heavy (non-hydrogen) atoms. The van der Waals surface area contributed by atoms with Crippen molar-refractivity contribution >= 4 is 18.1 Å². The number of nitrogens with zero attached hydrogens (tertiary/aromatic N) is 3. The van der Waals surface area contributed by atoms with Gasteiger partial charge in [-0.25, -0.2) is 4.79 Å². The Labute approximate surface area is 265 Å². The van der Waals surface area contributed by atoms with Gasteiger partial charge in [-0.1, -0.05) is 76.9 Å². The van der Waals surface area contributed by atoms with Crippen LogP contribution in [0, 0.1) is 33.6 Å². The summed E-state index contributed by atoms with van der Waals surface area (Å²) in [5.74, 6) is 0.136. The first-order chi connectivity index (χ1) is 21.6. The number of hydrogen-bond donors (Lipinski definition) is 0. The molecular formula is C37H41N3O5. The summed E-state index contributed by atoms with van der Waals surface area (Å²) in [4.78, 5) is 34.2. The van der Waals surface area contributed by atoms with Crippen molar-refractivity contribution < 1.29 is 23.7 Å². The van der Waals surface area contributed by atoms with Gasteiger partial charge in [-0.05, 0) is 87.8 Å². The van der Waals surface area contributed by atoms with Crippen LogP contribution in [0.1, 0.15) is 88.3 Å². The van der Waals surface area contributed by atoms with Gasteiger partial charge in [0.25, 0.3) is 5.91 Å². The Balaban J connectivity index is 1.29. The average Bonchev–Trinajstić information content (AvgIpc) is 3.50. The molecule has 1 amide bonds. The molecule has 0 aliphatic carbocycles. The van der Waals surface area contributed by atoms with Crippen LogP contribution in [0.15, 0.2) is 76.4 Å². The van der Waals surface area contributed by atoms with E-state index < -0.39 is 18.1 Å². The van der Waals surface area contributed by atoms with Crippen LogP contribution in [0.25, 0.3) is 11.3 Å². The highest BCUT2D eigenvalue weighted by Gasteiger charge is 2.43. The number of esters is 1. The maximum absolute atomic E-state index is 14.0. The van der Waals surface area contributed by atoms with Crippen LogP contribution in [0.5, 0.6) is 0 Å². The minimum Gasteiger partial charge on any atom is -0.467 e. The number of hydrogen-bond acceptors (Lipinski definition) is 7. The van der Waals surface area contributed by atoms with E-state index in [0.29, 0.717) is 17.7 Å². The molecule has 3 aromatic carbocycles. The molecule has 8 heteroatoms. The predicted octanol–water partition coefficient (Wildman–Crippen LogP) is 7.84. The van der Waals surface area contributed by atoms with E-state index in [4.69, 9.17) is 14.1 Å². The van der Waals surface area contributed by atoms with E-state index >= 15 is 0 Å². The fourth-order valence-electron chi connectivity index (χ4n) is 6.35. The van der Waals surface area contributed by atoms with E-state index in [1.165, 1.54) is 12.7 Å². The summed E-state index contributed by atoms with van der Waals surface area (Å²) in [6, 6.07) is 20.5. The lowest BCUT2D eigenvalue weighted by Crippen LogP contribution is -2.52. The summed E-state index contributed by atoms with van der Waals surface area (Å²) in [6.07, 6.45) is 2.51. The van der Waals surface area contributed by atoms with Gasteiger partial charge in [0.15, 0.2) is 11.9 Å². The third kappa shape index (κ3) is 6.85. The topological polar surface area (TPSA) is 94.2 Å². The number of methoxy groups -OCH3 is 1. The Morgan fingerprint density at radius 3 is 2.27 bits per heavy atom. The third-order valence-electron chi connectivity index (χ3n) is 8.64. The molecule has 0 N–H and O–H groups in total. The van der Waals surface area contributed by atoms with E-state index in [9.17, 15) is 9.59 Å². The molecule has 4 atom stereocenters. The van der Waals surface area contributed by atoms with E-state index in [2.05, 4.69) is 50.1 Å². The molecule has 4 aromatic rings. The van der Waals surface area contributed by atoms with Crippen molar-refractivity contribution in [2.24, 2.45) is 11.1 Å². The van der Waals surface area contributed by atoms with Gasteiger partial charge in [0.1, 0.15) is 11.7 Å². The minimum absolute atomic E-state index is 0.175. The molecule has 1 aliphatic heterocycles. The van der Waals surface area contributed by atoms with Gasteiger partial charge in [-0.15, -0.1) is 0 Å². The van der Waals surface area contributed by atoms with Crippen molar-refractivity contribution in [1.29, 1.82) is 0 Å². The van der Waals surface area contributed by atoms with Crippen LogP contribution in [0.3, 0.4) is 0 Å². The molecule has 8 nitrogen and oxygen atoms in total. The Kier molecular flexibility index (Phi) is 9.51. The van der Waals surface area contributed by atoms with Crippen LogP contribution in [-0.4, -0.2) is 41.3 Å². The smallest absolute Gasteiger partial charge is 0.328 e. The van der Waals surface area contributed by atoms with Gasteiger partial charge in [0, 0.05) is 17.2 Å². The number of aromatic nitrogens is 1. The predicted molar refractivity (Wildman–Crippen MR) is 174 cm³/mol. The maximum Gasteiger partial charge on any atom is 0.328 e. The molecule has 0 radical (unpaired) electrons. The summed E-state index contributed by atoms with van der Waals surface area (Å²) < 4.78 is 10.7. The molecule has 0 unspecified atom stereocenters. The standard InChI is InChI=1S/C37H41N3O5/c1-22-8-13-29(14-9-22)35-24(3)10-17-32(37(42)43-7)40(35)36(41)30-15-11-28(12-16-30)21-38-44-27(6)33-20-31(39-45-33)34-25(4)18-23(2)19-26(34)5/h8-9,11-16,18-21,24,27,32,35H,10,17H2,1-7H3/t24-,27-,32-,35-/m0/s1. The SMILES string of the molecule is COC(=O)[C@@H]1CC[C@H](C)[C@@H](c2ccc(C)cc2)N1C(=O)c1ccc(C=NO[C@@H](C)c2cc(-c3c(C)cc(C)cc3C)no2)cc1. The number of oxime groups is 1. The summed E-state index contributed by atoms with van der Waals surface area (Å²) in [5.41, 5.74) is 8.70. The molecule has 1 fully saturated rings. The number of carbonyl (C=O) groups is 2. The average molecular weight is 608 g/mol. The van der Waals surface area contributed by atoms with Gasteiger partial charge < -0.3 is 19.0 Å². The number of amides is 1. The Morgan fingerprint density at radius 2 is 1.62 bits per heavy atom. The zero-order valence-corrected chi connectivity index (χ0v) is 27.0. The number of benzene rings is 3. The molecule has 1 saturated heterocycles. The summed E-state index contributed by atoms with van der Waals surface area (Å²) >= 11 is 0. The molecular weight excluding hydrogens is 566 g/mol. The van der Waals surface area contributed by atoms with Crippen molar-refractivity contribution in [1.82, 2.24) is 10.1 Å². The zero-order valence-electron chi connectivity index (χ0n) is 27.0. The lowest BCUT2D eigenvalue weighted by atomic mass is 9.82. The van der Waals surface area contributed by atoms with E-state index in [0.717, 1.165) is 45.5 Å². The largest absolute Gasteiger partial charge is 0.467 e. The highest BCUT2D eigenvalue weighted by atomic mass is 16.6. The summed E-state index contributed by atoms with van der Waals surface area (Å²) in [5, 5.41) is 8.43. The van der Waals surface area contributed by atoms with Crippen molar-refractivity contribution in [2.75, 3.05) is 7.11 Å². The highest BCUT2D eigenvalue weighted by molar-refractivity contribution is 5.98. The maximum atomic E-state index is 14.0. The van der Waals surface area contributed by atoms with Crippen molar-refractivity contribution in [3.05, 3.63) is 111 Å². The highest BCUT2D eigenvalue weighted by Crippen LogP contribution is 2.40. The number of carbonyl (C=O) groups excluding carboxylic acids is 2. The fourth-order valence-corrected chi connectivity index (χ4v) is 6.35. The summed E-state index contributed by atoms with van der Waals surface area (Å²) in [6.45, 7) is 12.2. The Bertz CT molecular complexity index is 1670. The van der Waals surface area contributed by atoms with Gasteiger partial charge >= 0.3 is 5.97 Å². The first-order valence-electron chi connectivity index (χ1n) is 15.4. The van der Waals surface area contributed by atoms with Gasteiger partial charge in [0.05, 0.1) is 19.4 Å². The molecule has 0 bridgehead atoms. The molecule has 5 rings (SSSR count). The molecule has 0 spiro atoms. The minimum atomic E-state index is -0.656. The second kappa shape index (κ2) is 13.5. The van der Waals surface area contributed by atoms with Gasteiger partial charge in [0.2, 0.25) is 0 Å². The molecule has 2 heterocycles. The van der Waals surface area contributed by atoms with Crippen LogP contribution in [-0.2, 0) is 14.4 Å². The van der Waals surface area contributed by atoms with Crippen molar-refractivity contribution in [3.63, 3.8) is 0 Å². The number of piperidine rings is 1. The molecule has 0 saturated carbocycles. The Hall–Kier alpha value is -4.72. The first kappa shape index (κ1) is 31.7. The summed E-state index contributed by atoms with van der Waals surface area (Å²) in [7, 11) is 1.37. The van der Waals surface area contributed by atoms with Crippen molar-refractivity contribution in [2.45, 2.75) is 72.6 Å². The van der Waals surface area contributed by atoms with Crippen LogP contribution in [0.4, 0.5) is 0 Å². The quantitative estimate of drug-likeness (QED) is 0.115. The van der Waals surface area contributed by atoms with Crippen molar-refractivity contribution in [3.8, 4) is 11.3 Å². The number of rotatable bonds is 8. The van der Waals surface area contributed by atoms with Crippen LogP contribution < -0.4 is 0 Å². The van der Waals surface area contributed by atoms with Gasteiger partial charge in [-0.3, -0.25) is 4.79 Å². The van der Waals surface area contributed by atoms with E-state index in [-0.39, 0.29) is 17.9 Å². The van der Waals surface area contributed by atoms with Gasteiger partial charge in [-0.2, -0.15) is 0 Å². The first-order valence-corrected chi connectivity index (χ1v) is 15.4. The fraction of sp³-hybridized carbons (Fsp3) is 0.351. The number of aryl methyl sites for hydroxylation is 4. The number of likely N-dealkylation sites (tertiary alicyclic amines) is 1. The molecule has 234 valence electrons. The van der Waals surface area contributed by atoms with E-state index in [1.54, 1.807) is 23.2 Å². The molecule has 1 aliphatic rings.